The van der Waals surface area contributed by atoms with Crippen molar-refractivity contribution >= 4 is 34.8 Å². The van der Waals surface area contributed by atoms with Gasteiger partial charge in [0.15, 0.2) is 5.15 Å². The van der Waals surface area contributed by atoms with Crippen LogP contribution in [0, 0.1) is 5.92 Å². The molecule has 0 saturated carbocycles. The second-order valence-electron chi connectivity index (χ2n) is 3.88. The highest BCUT2D eigenvalue weighted by Crippen LogP contribution is 2.24. The quantitative estimate of drug-likeness (QED) is 0.892. The van der Waals surface area contributed by atoms with Crippen LogP contribution >= 0.6 is 22.9 Å². The lowest BCUT2D eigenvalue weighted by atomic mass is 9.97. The number of carboxylic acid groups (broad SMARTS) is 1. The number of aromatic nitrogens is 1. The Labute approximate surface area is 107 Å². The molecule has 0 atom stereocenters. The van der Waals surface area contributed by atoms with E-state index in [4.69, 9.17) is 16.7 Å². The third kappa shape index (κ3) is 2.58. The Bertz CT molecular complexity index is 441. The lowest BCUT2D eigenvalue weighted by Crippen LogP contribution is -2.40. The first-order chi connectivity index (χ1) is 8.09. The van der Waals surface area contributed by atoms with Crippen molar-refractivity contribution in [3.63, 3.8) is 0 Å². The van der Waals surface area contributed by atoms with Crippen LogP contribution in [0.5, 0.6) is 0 Å². The van der Waals surface area contributed by atoms with Crippen molar-refractivity contribution in [3.8, 4) is 0 Å². The number of hydrogen-bond acceptors (Lipinski definition) is 4. The zero-order valence-corrected chi connectivity index (χ0v) is 10.5. The van der Waals surface area contributed by atoms with Crippen LogP contribution in [-0.4, -0.2) is 40.0 Å². The molecule has 1 saturated heterocycles. The van der Waals surface area contributed by atoms with E-state index in [0.717, 1.165) is 0 Å². The summed E-state index contributed by atoms with van der Waals surface area (Å²) >= 11 is 7.00. The lowest BCUT2D eigenvalue weighted by Gasteiger charge is -2.29. The van der Waals surface area contributed by atoms with E-state index in [9.17, 15) is 9.59 Å². The van der Waals surface area contributed by atoms with Crippen molar-refractivity contribution < 1.29 is 14.7 Å². The van der Waals surface area contributed by atoms with E-state index >= 15 is 0 Å². The second kappa shape index (κ2) is 5.01. The third-order valence-electron chi connectivity index (χ3n) is 2.85. The van der Waals surface area contributed by atoms with E-state index in [1.807, 2.05) is 0 Å². The van der Waals surface area contributed by atoms with Gasteiger partial charge in [-0.15, -0.1) is 11.3 Å². The van der Waals surface area contributed by atoms with Gasteiger partial charge in [-0.3, -0.25) is 9.59 Å². The summed E-state index contributed by atoms with van der Waals surface area (Å²) in [5.41, 5.74) is 1.53. The minimum absolute atomic E-state index is 0.152. The Morgan fingerprint density at radius 1 is 1.47 bits per heavy atom. The number of aliphatic carboxylic acids is 1. The minimum Gasteiger partial charge on any atom is -0.481 e. The number of carboxylic acids is 1. The smallest absolute Gasteiger partial charge is 0.306 e. The molecule has 1 amide bonds. The summed E-state index contributed by atoms with van der Waals surface area (Å²) < 4.78 is 0. The predicted octanol–water partition coefficient (Wildman–Crippen LogP) is 1.73. The molecule has 0 aromatic carbocycles. The summed E-state index contributed by atoms with van der Waals surface area (Å²) in [7, 11) is 0. The van der Waals surface area contributed by atoms with E-state index in [2.05, 4.69) is 4.98 Å². The van der Waals surface area contributed by atoms with Crippen LogP contribution in [0.25, 0.3) is 0 Å². The molecule has 1 aliphatic rings. The van der Waals surface area contributed by atoms with E-state index < -0.39 is 5.97 Å². The van der Waals surface area contributed by atoms with Crippen molar-refractivity contribution in [3.05, 3.63) is 15.5 Å². The highest BCUT2D eigenvalue weighted by atomic mass is 35.5. The molecular weight excluding hydrogens is 264 g/mol. The summed E-state index contributed by atoms with van der Waals surface area (Å²) in [6, 6.07) is 0. The van der Waals surface area contributed by atoms with Crippen LogP contribution in [0.3, 0.4) is 0 Å². The Morgan fingerprint density at radius 3 is 2.59 bits per heavy atom. The summed E-state index contributed by atoms with van der Waals surface area (Å²) in [4.78, 5) is 28.7. The molecule has 0 bridgehead atoms. The molecule has 1 aliphatic heterocycles. The fraction of sp³-hybridized carbons (Fsp3) is 0.500. The van der Waals surface area contributed by atoms with E-state index in [-0.39, 0.29) is 17.0 Å². The van der Waals surface area contributed by atoms with Gasteiger partial charge in [0.2, 0.25) is 0 Å². The average Bonchev–Trinajstić information content (AvgIpc) is 2.74. The van der Waals surface area contributed by atoms with Gasteiger partial charge in [0.25, 0.3) is 5.91 Å². The molecule has 5 nitrogen and oxygen atoms in total. The first-order valence-electron chi connectivity index (χ1n) is 5.20. The van der Waals surface area contributed by atoms with Crippen molar-refractivity contribution in [1.29, 1.82) is 0 Å². The van der Waals surface area contributed by atoms with Gasteiger partial charge in [-0.2, -0.15) is 0 Å². The van der Waals surface area contributed by atoms with Crippen molar-refractivity contribution in [1.82, 2.24) is 9.88 Å². The molecule has 1 N–H and O–H groups in total. The van der Waals surface area contributed by atoms with Gasteiger partial charge in [0.05, 0.1) is 11.4 Å². The molecule has 1 aromatic heterocycles. The van der Waals surface area contributed by atoms with Crippen molar-refractivity contribution in [2.24, 2.45) is 5.92 Å². The second-order valence-corrected chi connectivity index (χ2v) is 5.09. The maximum Gasteiger partial charge on any atom is 0.306 e. The molecule has 0 aliphatic carbocycles. The van der Waals surface area contributed by atoms with Gasteiger partial charge in [-0.05, 0) is 12.8 Å². The molecule has 17 heavy (non-hydrogen) atoms. The first kappa shape index (κ1) is 12.3. The number of amides is 1. The van der Waals surface area contributed by atoms with Crippen LogP contribution in [0.15, 0.2) is 5.51 Å². The van der Waals surface area contributed by atoms with Gasteiger partial charge in [0.1, 0.15) is 4.88 Å². The van der Waals surface area contributed by atoms with Gasteiger partial charge < -0.3 is 10.0 Å². The Kier molecular flexibility index (Phi) is 3.63. The molecule has 7 heteroatoms. The number of nitrogens with zero attached hydrogens (tertiary/aromatic N) is 2. The lowest BCUT2D eigenvalue weighted by molar-refractivity contribution is -0.143. The van der Waals surface area contributed by atoms with Crippen LogP contribution in [0.4, 0.5) is 0 Å². The monoisotopic (exact) mass is 274 g/mol. The standard InChI is InChI=1S/C10H11ClN2O3S/c11-8-7(17-5-12-8)9(14)13-3-1-6(2-4-13)10(15)16/h5-6H,1-4H2,(H,15,16). The number of hydrogen-bond donors (Lipinski definition) is 1. The van der Waals surface area contributed by atoms with Gasteiger partial charge in [0, 0.05) is 13.1 Å². The van der Waals surface area contributed by atoms with Crippen molar-refractivity contribution in [2.45, 2.75) is 12.8 Å². The Balaban J connectivity index is 2.00. The Hall–Kier alpha value is -1.14. The van der Waals surface area contributed by atoms with E-state index in [0.29, 0.717) is 30.8 Å². The van der Waals surface area contributed by atoms with Crippen LogP contribution in [-0.2, 0) is 4.79 Å². The zero-order valence-electron chi connectivity index (χ0n) is 8.93. The molecule has 0 unspecified atom stereocenters. The van der Waals surface area contributed by atoms with Gasteiger partial charge >= 0.3 is 5.97 Å². The van der Waals surface area contributed by atoms with Crippen LogP contribution in [0.1, 0.15) is 22.5 Å². The SMILES string of the molecule is O=C(O)C1CCN(C(=O)c2scnc2Cl)CC1. The number of rotatable bonds is 2. The molecular formula is C10H11ClN2O3S. The maximum atomic E-state index is 12.0. The molecule has 2 rings (SSSR count). The average molecular weight is 275 g/mol. The number of likely N-dealkylation sites (tertiary alicyclic amines) is 1. The molecule has 0 radical (unpaired) electrons. The minimum atomic E-state index is -0.784. The molecule has 92 valence electrons. The molecule has 0 spiro atoms. The summed E-state index contributed by atoms with van der Waals surface area (Å²) in [5.74, 6) is -1.27. The summed E-state index contributed by atoms with van der Waals surface area (Å²) in [6.45, 7) is 0.925. The highest BCUT2D eigenvalue weighted by Gasteiger charge is 2.28. The van der Waals surface area contributed by atoms with Crippen LogP contribution < -0.4 is 0 Å². The predicted molar refractivity (Wildman–Crippen MR) is 63.4 cm³/mol. The zero-order chi connectivity index (χ0) is 12.4. The van der Waals surface area contributed by atoms with Crippen molar-refractivity contribution in [2.75, 3.05) is 13.1 Å². The van der Waals surface area contributed by atoms with E-state index in [1.165, 1.54) is 16.8 Å². The number of carbonyl (C=O) groups excluding carboxylic acids is 1. The maximum absolute atomic E-state index is 12.0. The number of thiazole rings is 1. The summed E-state index contributed by atoms with van der Waals surface area (Å²) in [5, 5.41) is 9.08. The summed E-state index contributed by atoms with van der Waals surface area (Å²) in [6.07, 6.45) is 0.995. The number of carbonyl (C=O) groups is 2. The fourth-order valence-corrected chi connectivity index (χ4v) is 2.81. The highest BCUT2D eigenvalue weighted by molar-refractivity contribution is 7.12. The number of piperidine rings is 1. The third-order valence-corrected chi connectivity index (χ3v) is 4.06. The van der Waals surface area contributed by atoms with Gasteiger partial charge in [-0.1, -0.05) is 11.6 Å². The van der Waals surface area contributed by atoms with Crippen LogP contribution in [0.2, 0.25) is 5.15 Å². The largest absolute Gasteiger partial charge is 0.481 e. The first-order valence-corrected chi connectivity index (χ1v) is 6.46. The molecule has 2 heterocycles. The Morgan fingerprint density at radius 2 is 2.12 bits per heavy atom. The molecule has 1 aromatic rings. The molecule has 1 fully saturated rings. The normalized spacial score (nSPS) is 17.1. The fourth-order valence-electron chi connectivity index (χ4n) is 1.84. The van der Waals surface area contributed by atoms with E-state index in [1.54, 1.807) is 4.90 Å². The number of halogens is 1. The van der Waals surface area contributed by atoms with Gasteiger partial charge in [-0.25, -0.2) is 4.98 Å². The topological polar surface area (TPSA) is 70.5 Å².